The number of hydrogen-bond donors (Lipinski definition) is 2. The van der Waals surface area contributed by atoms with E-state index in [2.05, 4.69) is 41.4 Å². The SMILES string of the molecule is CCCNc1cc(NC(C)c2ncc(C)s2)ccn1. The van der Waals surface area contributed by atoms with Gasteiger partial charge in [0.05, 0.1) is 6.04 Å². The fourth-order valence-electron chi connectivity index (χ4n) is 1.75. The molecule has 1 unspecified atom stereocenters. The molecule has 4 nitrogen and oxygen atoms in total. The Kier molecular flexibility index (Phi) is 4.74. The molecule has 102 valence electrons. The summed E-state index contributed by atoms with van der Waals surface area (Å²) in [5.74, 6) is 0.911. The Hall–Kier alpha value is -1.62. The average molecular weight is 276 g/mol. The van der Waals surface area contributed by atoms with E-state index in [1.165, 1.54) is 4.88 Å². The number of aromatic nitrogens is 2. The zero-order valence-corrected chi connectivity index (χ0v) is 12.4. The minimum Gasteiger partial charge on any atom is -0.376 e. The molecular formula is C14H20N4S. The van der Waals surface area contributed by atoms with Gasteiger partial charge in [-0.25, -0.2) is 9.97 Å². The van der Waals surface area contributed by atoms with E-state index in [9.17, 15) is 0 Å². The number of thiazole rings is 1. The third-order valence-corrected chi connectivity index (χ3v) is 3.80. The molecule has 0 amide bonds. The number of nitrogens with zero attached hydrogens (tertiary/aromatic N) is 2. The van der Waals surface area contributed by atoms with E-state index < -0.39 is 0 Å². The van der Waals surface area contributed by atoms with Gasteiger partial charge in [0.25, 0.3) is 0 Å². The minimum atomic E-state index is 0.208. The maximum atomic E-state index is 4.41. The van der Waals surface area contributed by atoms with Gasteiger partial charge in [0.15, 0.2) is 0 Å². The van der Waals surface area contributed by atoms with Gasteiger partial charge in [-0.05, 0) is 26.3 Å². The molecule has 0 aromatic carbocycles. The summed E-state index contributed by atoms with van der Waals surface area (Å²) in [6.07, 6.45) is 4.83. The number of rotatable bonds is 6. The third-order valence-electron chi connectivity index (χ3n) is 2.71. The summed E-state index contributed by atoms with van der Waals surface area (Å²) in [5, 5.41) is 7.85. The van der Waals surface area contributed by atoms with Crippen LogP contribution < -0.4 is 10.6 Å². The Morgan fingerprint density at radius 1 is 1.37 bits per heavy atom. The fraction of sp³-hybridized carbons (Fsp3) is 0.429. The Balaban J connectivity index is 2.02. The number of pyridine rings is 1. The van der Waals surface area contributed by atoms with Crippen LogP contribution >= 0.6 is 11.3 Å². The molecule has 19 heavy (non-hydrogen) atoms. The second kappa shape index (κ2) is 6.52. The van der Waals surface area contributed by atoms with Gasteiger partial charge in [-0.2, -0.15) is 0 Å². The molecule has 2 aromatic rings. The summed E-state index contributed by atoms with van der Waals surface area (Å²) >= 11 is 1.73. The van der Waals surface area contributed by atoms with Crippen molar-refractivity contribution in [2.75, 3.05) is 17.2 Å². The van der Waals surface area contributed by atoms with Crippen LogP contribution in [0.4, 0.5) is 11.5 Å². The van der Waals surface area contributed by atoms with Crippen LogP contribution in [0, 0.1) is 6.92 Å². The molecule has 0 bridgehead atoms. The first kappa shape index (κ1) is 13.8. The smallest absolute Gasteiger partial charge is 0.127 e. The van der Waals surface area contributed by atoms with Crippen molar-refractivity contribution in [3.63, 3.8) is 0 Å². The van der Waals surface area contributed by atoms with Crippen LogP contribution in [-0.4, -0.2) is 16.5 Å². The fourth-order valence-corrected chi connectivity index (χ4v) is 2.53. The van der Waals surface area contributed by atoms with E-state index >= 15 is 0 Å². The monoisotopic (exact) mass is 276 g/mol. The van der Waals surface area contributed by atoms with Crippen molar-refractivity contribution >= 4 is 22.8 Å². The zero-order chi connectivity index (χ0) is 13.7. The van der Waals surface area contributed by atoms with Gasteiger partial charge in [0, 0.05) is 35.6 Å². The van der Waals surface area contributed by atoms with E-state index in [0.717, 1.165) is 29.5 Å². The van der Waals surface area contributed by atoms with Crippen molar-refractivity contribution in [2.24, 2.45) is 0 Å². The molecule has 5 heteroatoms. The van der Waals surface area contributed by atoms with Gasteiger partial charge in [0.2, 0.25) is 0 Å². The number of aryl methyl sites for hydroxylation is 1. The van der Waals surface area contributed by atoms with Crippen LogP contribution in [0.3, 0.4) is 0 Å². The topological polar surface area (TPSA) is 49.8 Å². The standard InChI is InChI=1S/C14H20N4S/c1-4-6-15-13-8-12(5-7-16-13)18-11(3)14-17-9-10(2)19-14/h5,7-9,11H,4,6H2,1-3H3,(H2,15,16,18). The van der Waals surface area contributed by atoms with Gasteiger partial charge in [0.1, 0.15) is 10.8 Å². The van der Waals surface area contributed by atoms with E-state index in [0.29, 0.717) is 0 Å². The minimum absolute atomic E-state index is 0.208. The summed E-state index contributed by atoms with van der Waals surface area (Å²) in [6, 6.07) is 4.22. The molecule has 2 aromatic heterocycles. The Labute approximate surface area is 118 Å². The molecule has 0 fully saturated rings. The Bertz CT molecular complexity index is 524. The Morgan fingerprint density at radius 3 is 2.89 bits per heavy atom. The van der Waals surface area contributed by atoms with Crippen LogP contribution in [-0.2, 0) is 0 Å². The first-order valence-corrected chi connectivity index (χ1v) is 7.39. The summed E-state index contributed by atoms with van der Waals surface area (Å²) in [4.78, 5) is 9.95. The summed E-state index contributed by atoms with van der Waals surface area (Å²) in [6.45, 7) is 7.28. The second-order valence-corrected chi connectivity index (χ2v) is 5.80. The molecule has 0 aliphatic carbocycles. The molecule has 0 radical (unpaired) electrons. The summed E-state index contributed by atoms with van der Waals surface area (Å²) in [5.41, 5.74) is 1.06. The normalized spacial score (nSPS) is 12.2. The van der Waals surface area contributed by atoms with Gasteiger partial charge < -0.3 is 10.6 Å². The lowest BCUT2D eigenvalue weighted by Crippen LogP contribution is -2.07. The predicted octanol–water partition coefficient (Wildman–Crippen LogP) is 3.84. The lowest BCUT2D eigenvalue weighted by molar-refractivity contribution is 0.869. The average Bonchev–Trinajstić information content (AvgIpc) is 2.83. The van der Waals surface area contributed by atoms with Gasteiger partial charge in [-0.15, -0.1) is 11.3 Å². The molecular weight excluding hydrogens is 256 g/mol. The van der Waals surface area contributed by atoms with Crippen molar-refractivity contribution in [2.45, 2.75) is 33.2 Å². The third kappa shape index (κ3) is 3.92. The van der Waals surface area contributed by atoms with Crippen LogP contribution in [0.25, 0.3) is 0 Å². The summed E-state index contributed by atoms with van der Waals surface area (Å²) in [7, 11) is 0. The van der Waals surface area contributed by atoms with E-state index in [1.807, 2.05) is 24.5 Å². The van der Waals surface area contributed by atoms with Crippen molar-refractivity contribution in [3.8, 4) is 0 Å². The molecule has 0 spiro atoms. The van der Waals surface area contributed by atoms with Crippen molar-refractivity contribution in [1.82, 2.24) is 9.97 Å². The van der Waals surface area contributed by atoms with Crippen LogP contribution in [0.2, 0.25) is 0 Å². The highest BCUT2D eigenvalue weighted by atomic mass is 32.1. The molecule has 0 saturated carbocycles. The quantitative estimate of drug-likeness (QED) is 0.841. The molecule has 0 aliphatic rings. The zero-order valence-electron chi connectivity index (χ0n) is 11.6. The second-order valence-electron chi connectivity index (χ2n) is 4.53. The number of hydrogen-bond acceptors (Lipinski definition) is 5. The van der Waals surface area contributed by atoms with E-state index in [1.54, 1.807) is 11.3 Å². The highest BCUT2D eigenvalue weighted by molar-refractivity contribution is 7.11. The van der Waals surface area contributed by atoms with Crippen LogP contribution in [0.1, 0.15) is 36.2 Å². The number of nitrogens with one attached hydrogen (secondary N) is 2. The molecule has 1 atom stereocenters. The molecule has 2 heterocycles. The van der Waals surface area contributed by atoms with E-state index in [4.69, 9.17) is 0 Å². The highest BCUT2D eigenvalue weighted by Crippen LogP contribution is 2.23. The largest absolute Gasteiger partial charge is 0.376 e. The molecule has 0 saturated heterocycles. The predicted molar refractivity (Wildman–Crippen MR) is 81.9 cm³/mol. The van der Waals surface area contributed by atoms with E-state index in [-0.39, 0.29) is 6.04 Å². The Morgan fingerprint density at radius 2 is 2.21 bits per heavy atom. The van der Waals surface area contributed by atoms with Crippen molar-refractivity contribution < 1.29 is 0 Å². The maximum absolute atomic E-state index is 4.41. The number of anilines is 2. The van der Waals surface area contributed by atoms with Gasteiger partial charge in [-0.1, -0.05) is 6.92 Å². The van der Waals surface area contributed by atoms with Crippen LogP contribution in [0.15, 0.2) is 24.5 Å². The highest BCUT2D eigenvalue weighted by Gasteiger charge is 2.09. The molecule has 0 aliphatic heterocycles. The lowest BCUT2D eigenvalue weighted by Gasteiger charge is -2.13. The van der Waals surface area contributed by atoms with Crippen molar-refractivity contribution in [3.05, 3.63) is 34.4 Å². The van der Waals surface area contributed by atoms with Crippen LogP contribution in [0.5, 0.6) is 0 Å². The first-order valence-electron chi connectivity index (χ1n) is 6.58. The van der Waals surface area contributed by atoms with Gasteiger partial charge in [-0.3, -0.25) is 0 Å². The maximum Gasteiger partial charge on any atom is 0.127 e. The first-order chi connectivity index (χ1) is 9.19. The van der Waals surface area contributed by atoms with Gasteiger partial charge >= 0.3 is 0 Å². The summed E-state index contributed by atoms with van der Waals surface area (Å²) < 4.78 is 0. The molecule has 2 rings (SSSR count). The molecule has 2 N–H and O–H groups in total. The lowest BCUT2D eigenvalue weighted by atomic mass is 10.3. The van der Waals surface area contributed by atoms with Crippen molar-refractivity contribution in [1.29, 1.82) is 0 Å².